The highest BCUT2D eigenvalue weighted by atomic mass is 16.6. The number of anilines is 1. The molecular formula is C16H24N2O3. The topological polar surface area (TPSA) is 75.4 Å². The third-order valence-corrected chi connectivity index (χ3v) is 4.55. The minimum Gasteiger partial charge on any atom is -0.388 e. The number of hydrogen-bond acceptors (Lipinski definition) is 4. The first kappa shape index (κ1) is 15.8. The fourth-order valence-electron chi connectivity index (χ4n) is 2.81. The normalized spacial score (nSPS) is 20.0. The molecule has 5 heteroatoms. The molecule has 0 amide bonds. The fourth-order valence-corrected chi connectivity index (χ4v) is 2.81. The van der Waals surface area contributed by atoms with E-state index in [9.17, 15) is 15.2 Å². The van der Waals surface area contributed by atoms with E-state index in [0.29, 0.717) is 17.5 Å². The van der Waals surface area contributed by atoms with Crippen molar-refractivity contribution in [2.45, 2.75) is 52.1 Å². The lowest BCUT2D eigenvalue weighted by Gasteiger charge is -2.40. The second-order valence-electron chi connectivity index (χ2n) is 7.00. The zero-order valence-corrected chi connectivity index (χ0v) is 13.0. The van der Waals surface area contributed by atoms with Gasteiger partial charge in [0.15, 0.2) is 0 Å². The van der Waals surface area contributed by atoms with Crippen molar-refractivity contribution in [3.63, 3.8) is 0 Å². The van der Waals surface area contributed by atoms with E-state index >= 15 is 0 Å². The Kier molecular flexibility index (Phi) is 4.23. The van der Waals surface area contributed by atoms with E-state index < -0.39 is 5.60 Å². The van der Waals surface area contributed by atoms with E-state index in [-0.39, 0.29) is 10.6 Å². The number of aryl methyl sites for hydroxylation is 1. The molecule has 21 heavy (non-hydrogen) atoms. The summed E-state index contributed by atoms with van der Waals surface area (Å²) in [5, 5.41) is 24.6. The van der Waals surface area contributed by atoms with Crippen molar-refractivity contribution >= 4 is 11.4 Å². The Morgan fingerprint density at radius 3 is 2.43 bits per heavy atom. The molecule has 0 radical (unpaired) electrons. The van der Waals surface area contributed by atoms with Gasteiger partial charge in [0.25, 0.3) is 5.69 Å². The average Bonchev–Trinajstić information content (AvgIpc) is 2.40. The van der Waals surface area contributed by atoms with Crippen molar-refractivity contribution in [3.05, 3.63) is 33.9 Å². The number of benzene rings is 1. The maximum absolute atomic E-state index is 10.8. The van der Waals surface area contributed by atoms with Gasteiger partial charge in [-0.25, -0.2) is 0 Å². The first-order chi connectivity index (χ1) is 9.71. The number of nitro groups is 1. The number of aliphatic hydroxyl groups is 1. The van der Waals surface area contributed by atoms with Gasteiger partial charge in [-0.15, -0.1) is 0 Å². The molecule has 1 aromatic rings. The Morgan fingerprint density at radius 1 is 1.29 bits per heavy atom. The van der Waals surface area contributed by atoms with Crippen LogP contribution in [0, 0.1) is 22.5 Å². The highest BCUT2D eigenvalue weighted by Crippen LogP contribution is 2.40. The van der Waals surface area contributed by atoms with Crippen molar-refractivity contribution in [3.8, 4) is 0 Å². The van der Waals surface area contributed by atoms with Gasteiger partial charge in [0.1, 0.15) is 0 Å². The summed E-state index contributed by atoms with van der Waals surface area (Å²) in [6.07, 6.45) is 3.62. The van der Waals surface area contributed by atoms with Crippen LogP contribution in [0.25, 0.3) is 0 Å². The van der Waals surface area contributed by atoms with E-state index in [0.717, 1.165) is 31.4 Å². The quantitative estimate of drug-likeness (QED) is 0.656. The van der Waals surface area contributed by atoms with Crippen LogP contribution in [-0.2, 0) is 0 Å². The largest absolute Gasteiger partial charge is 0.388 e. The van der Waals surface area contributed by atoms with Crippen LogP contribution in [0.3, 0.4) is 0 Å². The molecule has 1 saturated carbocycles. The van der Waals surface area contributed by atoms with Gasteiger partial charge in [0, 0.05) is 23.9 Å². The minimum atomic E-state index is -0.675. The molecule has 0 saturated heterocycles. The van der Waals surface area contributed by atoms with Crippen LogP contribution in [0.1, 0.15) is 45.1 Å². The lowest BCUT2D eigenvalue weighted by molar-refractivity contribution is -0.385. The summed E-state index contributed by atoms with van der Waals surface area (Å²) < 4.78 is 0. The Labute approximate surface area is 125 Å². The Balaban J connectivity index is 1.97. The number of nitro benzene ring substituents is 1. The molecule has 0 atom stereocenters. The summed E-state index contributed by atoms with van der Waals surface area (Å²) in [5.74, 6) is 0. The van der Waals surface area contributed by atoms with Crippen molar-refractivity contribution in [2.75, 3.05) is 11.9 Å². The van der Waals surface area contributed by atoms with Gasteiger partial charge in [-0.3, -0.25) is 10.1 Å². The highest BCUT2D eigenvalue weighted by Gasteiger charge is 2.36. The van der Waals surface area contributed by atoms with E-state index in [1.54, 1.807) is 19.1 Å². The van der Waals surface area contributed by atoms with Crippen molar-refractivity contribution in [1.82, 2.24) is 0 Å². The van der Waals surface area contributed by atoms with Gasteiger partial charge in [-0.2, -0.15) is 0 Å². The van der Waals surface area contributed by atoms with Gasteiger partial charge in [-0.05, 0) is 50.2 Å². The predicted molar refractivity (Wildman–Crippen MR) is 83.5 cm³/mol. The highest BCUT2D eigenvalue weighted by molar-refractivity contribution is 5.53. The van der Waals surface area contributed by atoms with E-state index in [4.69, 9.17) is 0 Å². The number of hydrogen-bond donors (Lipinski definition) is 2. The maximum Gasteiger partial charge on any atom is 0.272 e. The Bertz CT molecular complexity index is 530. The van der Waals surface area contributed by atoms with Crippen LogP contribution in [0.15, 0.2) is 18.2 Å². The summed E-state index contributed by atoms with van der Waals surface area (Å²) in [4.78, 5) is 10.4. The van der Waals surface area contributed by atoms with Crippen LogP contribution in [-0.4, -0.2) is 22.2 Å². The summed E-state index contributed by atoms with van der Waals surface area (Å²) in [5.41, 5.74) is 1.21. The van der Waals surface area contributed by atoms with Gasteiger partial charge in [0.05, 0.1) is 10.5 Å². The fraction of sp³-hybridized carbons (Fsp3) is 0.625. The van der Waals surface area contributed by atoms with Crippen LogP contribution >= 0.6 is 0 Å². The maximum atomic E-state index is 10.8. The van der Waals surface area contributed by atoms with Crippen LogP contribution < -0.4 is 5.32 Å². The number of rotatable bonds is 4. The zero-order valence-electron chi connectivity index (χ0n) is 13.0. The molecule has 1 fully saturated rings. The SMILES string of the molecule is Cc1cc(NCC2(O)CCC(C)(C)CC2)ccc1[N+](=O)[O-]. The zero-order chi connectivity index (χ0) is 15.7. The molecule has 1 aliphatic rings. The van der Waals surface area contributed by atoms with Gasteiger partial charge in [0.2, 0.25) is 0 Å². The minimum absolute atomic E-state index is 0.124. The Hall–Kier alpha value is -1.62. The predicted octanol–water partition coefficient (Wildman–Crippen LogP) is 3.65. The molecule has 2 N–H and O–H groups in total. The smallest absolute Gasteiger partial charge is 0.272 e. The summed E-state index contributed by atoms with van der Waals surface area (Å²) in [6.45, 7) is 6.68. The first-order valence-electron chi connectivity index (χ1n) is 7.42. The van der Waals surface area contributed by atoms with E-state index in [1.165, 1.54) is 6.07 Å². The van der Waals surface area contributed by atoms with Crippen molar-refractivity contribution in [2.24, 2.45) is 5.41 Å². The second kappa shape index (κ2) is 5.64. The lowest BCUT2D eigenvalue weighted by atomic mass is 9.71. The van der Waals surface area contributed by atoms with Gasteiger partial charge in [-0.1, -0.05) is 13.8 Å². The average molecular weight is 292 g/mol. The first-order valence-corrected chi connectivity index (χ1v) is 7.42. The van der Waals surface area contributed by atoms with Crippen LogP contribution in [0.2, 0.25) is 0 Å². The number of nitrogens with zero attached hydrogens (tertiary/aromatic N) is 1. The lowest BCUT2D eigenvalue weighted by Crippen LogP contribution is -2.42. The van der Waals surface area contributed by atoms with Crippen molar-refractivity contribution in [1.29, 1.82) is 0 Å². The standard InChI is InChI=1S/C16H24N2O3/c1-12-10-13(4-5-14(12)18(20)21)17-11-16(19)8-6-15(2,3)7-9-16/h4-5,10,17,19H,6-9,11H2,1-3H3. The van der Waals surface area contributed by atoms with Crippen LogP contribution in [0.4, 0.5) is 11.4 Å². The van der Waals surface area contributed by atoms with Gasteiger partial charge >= 0.3 is 0 Å². The molecule has 0 unspecified atom stereocenters. The molecule has 1 aliphatic carbocycles. The molecule has 5 nitrogen and oxygen atoms in total. The molecular weight excluding hydrogens is 268 g/mol. The Morgan fingerprint density at radius 2 is 1.90 bits per heavy atom. The third kappa shape index (κ3) is 3.94. The molecule has 0 bridgehead atoms. The molecule has 0 aromatic heterocycles. The van der Waals surface area contributed by atoms with E-state index in [1.807, 2.05) is 0 Å². The molecule has 0 heterocycles. The monoisotopic (exact) mass is 292 g/mol. The molecule has 116 valence electrons. The van der Waals surface area contributed by atoms with E-state index in [2.05, 4.69) is 19.2 Å². The molecule has 1 aromatic carbocycles. The summed E-state index contributed by atoms with van der Waals surface area (Å²) in [7, 11) is 0. The van der Waals surface area contributed by atoms with Crippen molar-refractivity contribution < 1.29 is 10.0 Å². The summed E-state index contributed by atoms with van der Waals surface area (Å²) in [6, 6.07) is 4.96. The van der Waals surface area contributed by atoms with Gasteiger partial charge < -0.3 is 10.4 Å². The molecule has 0 spiro atoms. The molecule has 2 rings (SSSR count). The molecule has 0 aliphatic heterocycles. The van der Waals surface area contributed by atoms with Crippen LogP contribution in [0.5, 0.6) is 0 Å². The third-order valence-electron chi connectivity index (χ3n) is 4.55. The number of nitrogens with one attached hydrogen (secondary N) is 1. The second-order valence-corrected chi connectivity index (χ2v) is 7.00. The summed E-state index contributed by atoms with van der Waals surface area (Å²) >= 11 is 0.